The number of aromatic nitrogens is 2. The normalized spacial score (nSPS) is 10.3. The quantitative estimate of drug-likeness (QED) is 0.721. The molecule has 0 aliphatic rings. The van der Waals surface area contributed by atoms with Crippen molar-refractivity contribution in [3.8, 4) is 0 Å². The van der Waals surface area contributed by atoms with E-state index < -0.39 is 0 Å². The summed E-state index contributed by atoms with van der Waals surface area (Å²) in [5, 5.41) is 0. The van der Waals surface area contributed by atoms with E-state index in [2.05, 4.69) is 0 Å². The number of amides is 1. The number of hydrogen-bond donors (Lipinski definition) is 1. The third-order valence-electron chi connectivity index (χ3n) is 2.70. The largest absolute Gasteiger partial charge is 0.393 e. The third-order valence-corrected chi connectivity index (χ3v) is 2.91. The van der Waals surface area contributed by atoms with Gasteiger partial charge in [0.1, 0.15) is 0 Å². The van der Waals surface area contributed by atoms with Crippen LogP contribution in [0.15, 0.2) is 17.2 Å². The summed E-state index contributed by atoms with van der Waals surface area (Å²) in [6, 6.07) is 0. The maximum Gasteiger partial charge on any atom is 0.327 e. The number of carbonyl (C=O) groups excluding carboxylic acids is 1. The molecule has 0 aliphatic heterocycles. The topological polar surface area (TPSA) is 73.3 Å². The fraction of sp³-hybridized carbons (Fsp3) is 0.545. The van der Waals surface area contributed by atoms with E-state index in [0.29, 0.717) is 24.5 Å². The van der Waals surface area contributed by atoms with E-state index in [4.69, 9.17) is 18.0 Å². The summed E-state index contributed by atoms with van der Waals surface area (Å²) in [5.41, 5.74) is 5.26. The maximum absolute atomic E-state index is 11.8. The summed E-state index contributed by atoms with van der Waals surface area (Å²) in [7, 11) is 3.38. The van der Waals surface area contributed by atoms with Crippen molar-refractivity contribution in [2.75, 3.05) is 13.6 Å². The maximum atomic E-state index is 11.8. The monoisotopic (exact) mass is 270 g/mol. The lowest BCUT2D eigenvalue weighted by atomic mass is 10.3. The smallest absolute Gasteiger partial charge is 0.327 e. The molecule has 0 saturated carbocycles. The second-order valence-corrected chi connectivity index (χ2v) is 4.69. The van der Waals surface area contributed by atoms with Crippen LogP contribution in [-0.4, -0.2) is 38.5 Å². The molecule has 0 bridgehead atoms. The predicted octanol–water partition coefficient (Wildman–Crippen LogP) is -0.288. The summed E-state index contributed by atoms with van der Waals surface area (Å²) >= 11 is 4.75. The lowest BCUT2D eigenvalue weighted by Gasteiger charge is -2.16. The van der Waals surface area contributed by atoms with E-state index in [1.807, 2.05) is 0 Å². The highest BCUT2D eigenvalue weighted by atomic mass is 32.1. The number of nitrogens with zero attached hydrogens (tertiary/aromatic N) is 3. The molecule has 1 heterocycles. The van der Waals surface area contributed by atoms with Gasteiger partial charge in [-0.3, -0.25) is 9.36 Å². The molecule has 0 unspecified atom stereocenters. The summed E-state index contributed by atoms with van der Waals surface area (Å²) in [5.74, 6) is -0.0259. The molecule has 0 fully saturated rings. The van der Waals surface area contributed by atoms with Gasteiger partial charge in [0, 0.05) is 52.4 Å². The highest BCUT2D eigenvalue weighted by Crippen LogP contribution is 1.96. The number of imidazole rings is 1. The van der Waals surface area contributed by atoms with Crippen LogP contribution in [0.4, 0.5) is 0 Å². The number of aryl methyl sites for hydroxylation is 2. The van der Waals surface area contributed by atoms with Crippen LogP contribution >= 0.6 is 12.2 Å². The summed E-state index contributed by atoms with van der Waals surface area (Å²) in [6.07, 6.45) is 4.15. The van der Waals surface area contributed by atoms with Gasteiger partial charge in [-0.2, -0.15) is 0 Å². The van der Waals surface area contributed by atoms with Crippen molar-refractivity contribution in [2.24, 2.45) is 12.8 Å². The van der Waals surface area contributed by atoms with Gasteiger partial charge in [-0.15, -0.1) is 0 Å². The van der Waals surface area contributed by atoms with Crippen LogP contribution in [0.2, 0.25) is 0 Å². The summed E-state index contributed by atoms with van der Waals surface area (Å²) in [6.45, 7) is 0.897. The molecule has 1 aromatic rings. The van der Waals surface area contributed by atoms with Gasteiger partial charge in [0.2, 0.25) is 5.91 Å². The molecule has 0 radical (unpaired) electrons. The first kappa shape index (κ1) is 14.4. The van der Waals surface area contributed by atoms with Gasteiger partial charge in [0.05, 0.1) is 4.99 Å². The minimum Gasteiger partial charge on any atom is -0.393 e. The average molecular weight is 270 g/mol. The highest BCUT2D eigenvalue weighted by molar-refractivity contribution is 7.80. The van der Waals surface area contributed by atoms with Crippen molar-refractivity contribution < 1.29 is 4.79 Å². The van der Waals surface area contributed by atoms with E-state index in [0.717, 1.165) is 0 Å². The van der Waals surface area contributed by atoms with Crippen LogP contribution in [0.5, 0.6) is 0 Å². The van der Waals surface area contributed by atoms with Crippen molar-refractivity contribution in [1.29, 1.82) is 0 Å². The molecule has 1 amide bonds. The van der Waals surface area contributed by atoms with Crippen molar-refractivity contribution >= 4 is 23.1 Å². The van der Waals surface area contributed by atoms with Gasteiger partial charge >= 0.3 is 5.69 Å². The Morgan fingerprint density at radius 1 is 1.44 bits per heavy atom. The van der Waals surface area contributed by atoms with Crippen LogP contribution in [0, 0.1) is 0 Å². The molecule has 0 atom stereocenters. The molecular formula is C11H18N4O2S. The van der Waals surface area contributed by atoms with Crippen molar-refractivity contribution in [1.82, 2.24) is 14.0 Å². The predicted molar refractivity (Wildman–Crippen MR) is 73.3 cm³/mol. The zero-order valence-electron chi connectivity index (χ0n) is 10.6. The van der Waals surface area contributed by atoms with Gasteiger partial charge in [-0.1, -0.05) is 12.2 Å². The Hall–Kier alpha value is -1.63. The molecule has 0 saturated heterocycles. The van der Waals surface area contributed by atoms with Crippen LogP contribution in [0.3, 0.4) is 0 Å². The zero-order valence-corrected chi connectivity index (χ0v) is 11.4. The molecule has 7 heteroatoms. The number of thiocarbonyl (C=S) groups is 1. The van der Waals surface area contributed by atoms with Crippen molar-refractivity contribution in [3.05, 3.63) is 22.9 Å². The first-order valence-corrected chi connectivity index (χ1v) is 6.06. The minimum atomic E-state index is -0.117. The molecule has 1 aromatic heterocycles. The SMILES string of the molecule is CN(CCC(N)=S)C(=O)CCn1ccn(C)c1=O. The van der Waals surface area contributed by atoms with E-state index in [-0.39, 0.29) is 18.0 Å². The lowest BCUT2D eigenvalue weighted by molar-refractivity contribution is -0.130. The Morgan fingerprint density at radius 3 is 2.61 bits per heavy atom. The van der Waals surface area contributed by atoms with Crippen LogP contribution in [0.1, 0.15) is 12.8 Å². The summed E-state index contributed by atoms with van der Waals surface area (Å²) < 4.78 is 2.99. The highest BCUT2D eigenvalue weighted by Gasteiger charge is 2.09. The zero-order chi connectivity index (χ0) is 13.7. The molecule has 100 valence electrons. The first-order chi connectivity index (χ1) is 8.41. The summed E-state index contributed by atoms with van der Waals surface area (Å²) in [4.78, 5) is 25.3. The van der Waals surface area contributed by atoms with Crippen LogP contribution in [-0.2, 0) is 18.4 Å². The fourth-order valence-corrected chi connectivity index (χ4v) is 1.58. The second-order valence-electron chi connectivity index (χ2n) is 4.17. The van der Waals surface area contributed by atoms with Gasteiger partial charge in [0.15, 0.2) is 0 Å². The molecule has 6 nitrogen and oxygen atoms in total. The van der Waals surface area contributed by atoms with E-state index in [1.54, 1.807) is 31.4 Å². The molecular weight excluding hydrogens is 252 g/mol. The Balaban J connectivity index is 2.43. The van der Waals surface area contributed by atoms with Crippen molar-refractivity contribution in [2.45, 2.75) is 19.4 Å². The molecule has 18 heavy (non-hydrogen) atoms. The third kappa shape index (κ3) is 3.99. The number of carbonyl (C=O) groups is 1. The van der Waals surface area contributed by atoms with Gasteiger partial charge in [-0.25, -0.2) is 4.79 Å². The Kier molecular flexibility index (Phi) is 5.08. The molecule has 0 aromatic carbocycles. The van der Waals surface area contributed by atoms with Gasteiger partial charge in [0.25, 0.3) is 0 Å². The standard InChI is InChI=1S/C11H18N4O2S/c1-13(5-3-9(12)18)10(16)4-6-15-8-7-14(2)11(15)17/h7-8H,3-6H2,1-2H3,(H2,12,18). The molecule has 2 N–H and O–H groups in total. The first-order valence-electron chi connectivity index (χ1n) is 5.66. The minimum absolute atomic E-state index is 0.0259. The Labute approximate surface area is 111 Å². The second kappa shape index (κ2) is 6.34. The Bertz CT molecular complexity index is 491. The molecule has 1 rings (SSSR count). The average Bonchev–Trinajstić information content (AvgIpc) is 2.64. The van der Waals surface area contributed by atoms with E-state index in [1.165, 1.54) is 9.13 Å². The van der Waals surface area contributed by atoms with Gasteiger partial charge in [-0.05, 0) is 0 Å². The fourth-order valence-electron chi connectivity index (χ4n) is 1.49. The number of hydrogen-bond acceptors (Lipinski definition) is 3. The lowest BCUT2D eigenvalue weighted by Crippen LogP contribution is -2.31. The van der Waals surface area contributed by atoms with E-state index >= 15 is 0 Å². The van der Waals surface area contributed by atoms with Crippen LogP contribution < -0.4 is 11.4 Å². The number of nitrogens with two attached hydrogens (primary N) is 1. The van der Waals surface area contributed by atoms with E-state index in [9.17, 15) is 9.59 Å². The van der Waals surface area contributed by atoms with Crippen LogP contribution in [0.25, 0.3) is 0 Å². The molecule has 0 spiro atoms. The Morgan fingerprint density at radius 2 is 2.11 bits per heavy atom. The van der Waals surface area contributed by atoms with Crippen molar-refractivity contribution in [3.63, 3.8) is 0 Å². The van der Waals surface area contributed by atoms with Gasteiger partial charge < -0.3 is 15.2 Å². The number of rotatable bonds is 6. The molecule has 0 aliphatic carbocycles.